The zero-order chi connectivity index (χ0) is 9.80. The topological polar surface area (TPSA) is 15.6 Å². The molecule has 0 bridgehead atoms. The van der Waals surface area contributed by atoms with Crippen molar-refractivity contribution in [1.29, 1.82) is 0 Å². The highest BCUT2D eigenvalue weighted by Gasteiger charge is 2.16. The van der Waals surface area contributed by atoms with Crippen molar-refractivity contribution in [3.63, 3.8) is 0 Å². The molecule has 0 amide bonds. The zero-order valence-corrected chi connectivity index (χ0v) is 8.19. The molecule has 1 aliphatic heterocycles. The van der Waals surface area contributed by atoms with Gasteiger partial charge in [-0.2, -0.15) is 0 Å². The molecule has 1 aromatic rings. The van der Waals surface area contributed by atoms with Crippen LogP contribution in [0.2, 0.25) is 0 Å². The Bertz CT molecular complexity index is 341. The van der Waals surface area contributed by atoms with Crippen LogP contribution in [0.3, 0.4) is 0 Å². The number of hydrogen-bond acceptors (Lipinski definition) is 2. The first-order valence-corrected chi connectivity index (χ1v) is 4.88. The average Bonchev–Trinajstić information content (AvgIpc) is 2.68. The van der Waals surface area contributed by atoms with E-state index in [9.17, 15) is 0 Å². The molecule has 14 heavy (non-hydrogen) atoms. The number of rotatable bonds is 3. The summed E-state index contributed by atoms with van der Waals surface area (Å²) >= 11 is 0. The minimum Gasteiger partial charge on any atom is -0.328 e. The van der Waals surface area contributed by atoms with Gasteiger partial charge in [0.1, 0.15) is 5.84 Å². The number of hydrogen-bond donors (Lipinski definition) is 0. The molecule has 0 fully saturated rings. The SMILES string of the molecule is C=CCC1=NCCN1c1ccccc1. The van der Waals surface area contributed by atoms with Crippen molar-refractivity contribution < 1.29 is 0 Å². The third kappa shape index (κ3) is 1.69. The summed E-state index contributed by atoms with van der Waals surface area (Å²) in [7, 11) is 0. The summed E-state index contributed by atoms with van der Waals surface area (Å²) in [5.74, 6) is 1.13. The van der Waals surface area contributed by atoms with E-state index in [4.69, 9.17) is 0 Å². The van der Waals surface area contributed by atoms with E-state index in [1.54, 1.807) is 0 Å². The largest absolute Gasteiger partial charge is 0.328 e. The molecule has 0 radical (unpaired) electrons. The van der Waals surface area contributed by atoms with E-state index in [0.29, 0.717) is 0 Å². The van der Waals surface area contributed by atoms with Crippen LogP contribution in [0.1, 0.15) is 6.42 Å². The van der Waals surface area contributed by atoms with E-state index in [1.807, 2.05) is 12.1 Å². The van der Waals surface area contributed by atoms with E-state index >= 15 is 0 Å². The summed E-state index contributed by atoms with van der Waals surface area (Å²) in [4.78, 5) is 6.71. The van der Waals surface area contributed by atoms with Crippen LogP contribution in [-0.2, 0) is 0 Å². The maximum absolute atomic E-state index is 4.45. The van der Waals surface area contributed by atoms with Crippen molar-refractivity contribution in [2.75, 3.05) is 18.0 Å². The Morgan fingerprint density at radius 2 is 2.14 bits per heavy atom. The predicted molar refractivity (Wildman–Crippen MR) is 60.9 cm³/mol. The molecule has 1 aliphatic rings. The monoisotopic (exact) mass is 186 g/mol. The van der Waals surface area contributed by atoms with Crippen LogP contribution >= 0.6 is 0 Å². The fourth-order valence-electron chi connectivity index (χ4n) is 1.68. The maximum Gasteiger partial charge on any atom is 0.107 e. The molecular weight excluding hydrogens is 172 g/mol. The van der Waals surface area contributed by atoms with Gasteiger partial charge in [0, 0.05) is 18.7 Å². The molecule has 2 nitrogen and oxygen atoms in total. The third-order valence-corrected chi connectivity index (χ3v) is 2.32. The fraction of sp³-hybridized carbons (Fsp3) is 0.250. The molecule has 1 heterocycles. The minimum atomic E-state index is 0.856. The van der Waals surface area contributed by atoms with Crippen molar-refractivity contribution in [2.24, 2.45) is 4.99 Å². The summed E-state index contributed by atoms with van der Waals surface area (Å²) in [6.07, 6.45) is 2.76. The fourth-order valence-corrected chi connectivity index (χ4v) is 1.68. The molecule has 72 valence electrons. The highest BCUT2D eigenvalue weighted by atomic mass is 15.2. The van der Waals surface area contributed by atoms with Gasteiger partial charge in [-0.25, -0.2) is 0 Å². The number of nitrogens with zero attached hydrogens (tertiary/aromatic N) is 2. The molecule has 0 aromatic heterocycles. The van der Waals surface area contributed by atoms with E-state index < -0.39 is 0 Å². The second-order valence-corrected chi connectivity index (χ2v) is 3.28. The first-order chi connectivity index (χ1) is 6.92. The van der Waals surface area contributed by atoms with Crippen LogP contribution in [0.4, 0.5) is 5.69 Å². The van der Waals surface area contributed by atoms with Crippen LogP contribution < -0.4 is 4.90 Å². The molecule has 0 spiro atoms. The molecule has 0 saturated carbocycles. The third-order valence-electron chi connectivity index (χ3n) is 2.32. The van der Waals surface area contributed by atoms with Crippen LogP contribution in [0.25, 0.3) is 0 Å². The van der Waals surface area contributed by atoms with Gasteiger partial charge in [0.25, 0.3) is 0 Å². The summed E-state index contributed by atoms with van der Waals surface area (Å²) in [6.45, 7) is 5.64. The van der Waals surface area contributed by atoms with Gasteiger partial charge < -0.3 is 4.90 Å². The van der Waals surface area contributed by atoms with Crippen molar-refractivity contribution in [3.8, 4) is 0 Å². The highest BCUT2D eigenvalue weighted by Crippen LogP contribution is 2.18. The predicted octanol–water partition coefficient (Wildman–Crippen LogP) is 2.48. The van der Waals surface area contributed by atoms with Crippen LogP contribution in [0.5, 0.6) is 0 Å². The molecular formula is C12H14N2. The van der Waals surface area contributed by atoms with E-state index in [-0.39, 0.29) is 0 Å². The number of aliphatic imine (C=N–C) groups is 1. The minimum absolute atomic E-state index is 0.856. The van der Waals surface area contributed by atoms with Gasteiger partial charge in [0.15, 0.2) is 0 Å². The van der Waals surface area contributed by atoms with Crippen LogP contribution in [-0.4, -0.2) is 18.9 Å². The van der Waals surface area contributed by atoms with Crippen molar-refractivity contribution >= 4 is 11.5 Å². The van der Waals surface area contributed by atoms with Gasteiger partial charge in [0.2, 0.25) is 0 Å². The lowest BCUT2D eigenvalue weighted by molar-refractivity contribution is 1.02. The van der Waals surface area contributed by atoms with Gasteiger partial charge in [-0.15, -0.1) is 6.58 Å². The number of para-hydroxylation sites is 1. The summed E-state index contributed by atoms with van der Waals surface area (Å²) in [5, 5.41) is 0. The van der Waals surface area contributed by atoms with Crippen molar-refractivity contribution in [1.82, 2.24) is 0 Å². The normalized spacial score (nSPS) is 15.4. The summed E-state index contributed by atoms with van der Waals surface area (Å²) in [6, 6.07) is 10.4. The lowest BCUT2D eigenvalue weighted by Gasteiger charge is -2.19. The molecule has 0 saturated heterocycles. The summed E-state index contributed by atoms with van der Waals surface area (Å²) < 4.78 is 0. The average molecular weight is 186 g/mol. The summed E-state index contributed by atoms with van der Waals surface area (Å²) in [5.41, 5.74) is 1.23. The second kappa shape index (κ2) is 4.09. The van der Waals surface area contributed by atoms with Crippen molar-refractivity contribution in [3.05, 3.63) is 43.0 Å². The maximum atomic E-state index is 4.45. The Morgan fingerprint density at radius 3 is 2.86 bits per heavy atom. The van der Waals surface area contributed by atoms with Gasteiger partial charge in [0.05, 0.1) is 6.54 Å². The highest BCUT2D eigenvalue weighted by molar-refractivity contribution is 6.00. The second-order valence-electron chi connectivity index (χ2n) is 3.28. The first-order valence-electron chi connectivity index (χ1n) is 4.88. The van der Waals surface area contributed by atoms with Gasteiger partial charge in [-0.3, -0.25) is 4.99 Å². The Kier molecular flexibility index (Phi) is 2.63. The van der Waals surface area contributed by atoms with Crippen LogP contribution in [0, 0.1) is 0 Å². The molecule has 1 aromatic carbocycles. The molecule has 0 N–H and O–H groups in total. The first kappa shape index (κ1) is 9.00. The molecule has 2 rings (SSSR count). The Morgan fingerprint density at radius 1 is 1.36 bits per heavy atom. The standard InChI is InChI=1S/C12H14N2/c1-2-6-12-13-9-10-14(12)11-7-4-3-5-8-11/h2-5,7-8H,1,6,9-10H2. The smallest absolute Gasteiger partial charge is 0.107 e. The molecule has 0 unspecified atom stereocenters. The molecule has 0 aliphatic carbocycles. The van der Waals surface area contributed by atoms with Crippen molar-refractivity contribution in [2.45, 2.75) is 6.42 Å². The molecule has 0 atom stereocenters. The number of benzene rings is 1. The number of amidine groups is 1. The Hall–Kier alpha value is -1.57. The van der Waals surface area contributed by atoms with Crippen LogP contribution in [0.15, 0.2) is 48.0 Å². The van der Waals surface area contributed by atoms with E-state index in [2.05, 4.69) is 40.7 Å². The van der Waals surface area contributed by atoms with Gasteiger partial charge >= 0.3 is 0 Å². The lowest BCUT2D eigenvalue weighted by atomic mass is 10.2. The van der Waals surface area contributed by atoms with Gasteiger partial charge in [-0.1, -0.05) is 24.3 Å². The number of anilines is 1. The Balaban J connectivity index is 2.19. The van der Waals surface area contributed by atoms with E-state index in [0.717, 1.165) is 25.3 Å². The van der Waals surface area contributed by atoms with E-state index in [1.165, 1.54) is 5.69 Å². The zero-order valence-electron chi connectivity index (χ0n) is 8.19. The Labute approximate surface area is 84.6 Å². The lowest BCUT2D eigenvalue weighted by Crippen LogP contribution is -2.26. The molecule has 2 heteroatoms. The quantitative estimate of drug-likeness (QED) is 0.662. The van der Waals surface area contributed by atoms with Gasteiger partial charge in [-0.05, 0) is 12.1 Å².